The van der Waals surface area contributed by atoms with Crippen LogP contribution in [0.3, 0.4) is 0 Å². The van der Waals surface area contributed by atoms with Crippen LogP contribution in [0.2, 0.25) is 0 Å². The molecule has 0 aromatic rings. The fourth-order valence-electron chi connectivity index (χ4n) is 2.57. The molecule has 122 valence electrons. The number of carboxylic acids is 1. The number of aliphatic carboxylic acids is 1. The van der Waals surface area contributed by atoms with Crippen LogP contribution < -0.4 is 5.32 Å². The van der Waals surface area contributed by atoms with Crippen LogP contribution in [0.25, 0.3) is 0 Å². The van der Waals surface area contributed by atoms with Gasteiger partial charge < -0.3 is 20.1 Å². The molecule has 6 nitrogen and oxygen atoms in total. The Morgan fingerprint density at radius 2 is 2.10 bits per heavy atom. The number of amides is 2. The lowest BCUT2D eigenvalue weighted by molar-refractivity contribution is -0.144. The van der Waals surface area contributed by atoms with E-state index in [1.165, 1.54) is 4.90 Å². The summed E-state index contributed by atoms with van der Waals surface area (Å²) in [6.45, 7) is 6.26. The normalized spacial score (nSPS) is 22.1. The quantitative estimate of drug-likeness (QED) is 0.673. The minimum atomic E-state index is -0.914. The van der Waals surface area contributed by atoms with Crippen molar-refractivity contribution in [1.29, 1.82) is 0 Å². The molecule has 0 saturated carbocycles. The molecule has 1 rings (SSSR count). The summed E-state index contributed by atoms with van der Waals surface area (Å²) in [7, 11) is 0. The SMILES string of the molecule is CCCCOCCNC(=O)N1CCC(CC)CC1C(=O)O. The number of carboxylic acid groups (broad SMARTS) is 1. The third kappa shape index (κ3) is 5.91. The summed E-state index contributed by atoms with van der Waals surface area (Å²) in [5.41, 5.74) is 0. The van der Waals surface area contributed by atoms with Crippen LogP contribution in [-0.2, 0) is 9.53 Å². The number of hydrogen-bond acceptors (Lipinski definition) is 3. The van der Waals surface area contributed by atoms with Crippen molar-refractivity contribution in [1.82, 2.24) is 10.2 Å². The van der Waals surface area contributed by atoms with Gasteiger partial charge in [0, 0.05) is 19.7 Å². The molecular weight excluding hydrogens is 272 g/mol. The summed E-state index contributed by atoms with van der Waals surface area (Å²) in [5, 5.41) is 12.0. The molecule has 0 aliphatic carbocycles. The highest BCUT2D eigenvalue weighted by molar-refractivity contribution is 5.82. The Labute approximate surface area is 126 Å². The summed E-state index contributed by atoms with van der Waals surface area (Å²) >= 11 is 0. The number of unbranched alkanes of at least 4 members (excludes halogenated alkanes) is 1. The molecule has 21 heavy (non-hydrogen) atoms. The molecule has 0 aromatic heterocycles. The Kier molecular flexibility index (Phi) is 8.12. The summed E-state index contributed by atoms with van der Waals surface area (Å²) in [6.07, 6.45) is 4.48. The average molecular weight is 300 g/mol. The first-order valence-corrected chi connectivity index (χ1v) is 7.95. The zero-order chi connectivity index (χ0) is 15.7. The Morgan fingerprint density at radius 3 is 2.71 bits per heavy atom. The number of ether oxygens (including phenoxy) is 1. The van der Waals surface area contributed by atoms with E-state index in [-0.39, 0.29) is 6.03 Å². The van der Waals surface area contributed by atoms with E-state index >= 15 is 0 Å². The predicted octanol–water partition coefficient (Wildman–Crippen LogP) is 2.09. The van der Waals surface area contributed by atoms with Crippen molar-refractivity contribution in [3.63, 3.8) is 0 Å². The molecule has 2 atom stereocenters. The van der Waals surface area contributed by atoms with Crippen LogP contribution in [-0.4, -0.2) is 54.4 Å². The van der Waals surface area contributed by atoms with Gasteiger partial charge in [0.2, 0.25) is 0 Å². The first-order valence-electron chi connectivity index (χ1n) is 7.95. The zero-order valence-electron chi connectivity index (χ0n) is 13.1. The number of nitrogens with zero attached hydrogens (tertiary/aromatic N) is 1. The lowest BCUT2D eigenvalue weighted by Gasteiger charge is -2.36. The predicted molar refractivity (Wildman–Crippen MR) is 80.3 cm³/mol. The fraction of sp³-hybridized carbons (Fsp3) is 0.867. The van der Waals surface area contributed by atoms with Gasteiger partial charge in [-0.25, -0.2) is 9.59 Å². The third-order valence-electron chi connectivity index (χ3n) is 4.00. The van der Waals surface area contributed by atoms with Gasteiger partial charge in [0.1, 0.15) is 6.04 Å². The molecule has 2 N–H and O–H groups in total. The molecule has 1 saturated heterocycles. The number of rotatable bonds is 8. The highest BCUT2D eigenvalue weighted by atomic mass is 16.5. The molecule has 0 bridgehead atoms. The van der Waals surface area contributed by atoms with Gasteiger partial charge >= 0.3 is 12.0 Å². The van der Waals surface area contributed by atoms with Gasteiger partial charge in [0.15, 0.2) is 0 Å². The Bertz CT molecular complexity index is 336. The summed E-state index contributed by atoms with van der Waals surface area (Å²) < 4.78 is 5.37. The topological polar surface area (TPSA) is 78.9 Å². The second-order valence-corrected chi connectivity index (χ2v) is 5.54. The van der Waals surface area contributed by atoms with Gasteiger partial charge in [-0.15, -0.1) is 0 Å². The average Bonchev–Trinajstić information content (AvgIpc) is 2.49. The van der Waals surface area contributed by atoms with Gasteiger partial charge in [0.05, 0.1) is 6.61 Å². The molecule has 0 aromatic carbocycles. The van der Waals surface area contributed by atoms with Crippen LogP contribution >= 0.6 is 0 Å². The van der Waals surface area contributed by atoms with E-state index in [9.17, 15) is 14.7 Å². The first kappa shape index (κ1) is 17.8. The van der Waals surface area contributed by atoms with Gasteiger partial charge in [-0.3, -0.25) is 0 Å². The second-order valence-electron chi connectivity index (χ2n) is 5.54. The maximum atomic E-state index is 12.1. The minimum Gasteiger partial charge on any atom is -0.480 e. The van der Waals surface area contributed by atoms with Crippen LogP contribution in [0.5, 0.6) is 0 Å². The maximum Gasteiger partial charge on any atom is 0.326 e. The monoisotopic (exact) mass is 300 g/mol. The van der Waals surface area contributed by atoms with E-state index in [2.05, 4.69) is 19.2 Å². The third-order valence-corrected chi connectivity index (χ3v) is 4.00. The van der Waals surface area contributed by atoms with Gasteiger partial charge in [-0.2, -0.15) is 0 Å². The molecule has 6 heteroatoms. The minimum absolute atomic E-state index is 0.295. The number of carbonyl (C=O) groups is 2. The largest absolute Gasteiger partial charge is 0.480 e. The maximum absolute atomic E-state index is 12.1. The highest BCUT2D eigenvalue weighted by Crippen LogP contribution is 2.25. The molecule has 1 fully saturated rings. The lowest BCUT2D eigenvalue weighted by Crippen LogP contribution is -2.53. The van der Waals surface area contributed by atoms with E-state index in [0.717, 1.165) is 25.7 Å². The van der Waals surface area contributed by atoms with E-state index in [1.54, 1.807) is 0 Å². The van der Waals surface area contributed by atoms with Crippen molar-refractivity contribution in [2.45, 2.75) is 52.0 Å². The van der Waals surface area contributed by atoms with Crippen LogP contribution in [0.15, 0.2) is 0 Å². The number of piperidine rings is 1. The number of nitrogens with one attached hydrogen (secondary N) is 1. The van der Waals surface area contributed by atoms with Gasteiger partial charge in [-0.05, 0) is 25.2 Å². The van der Waals surface area contributed by atoms with Crippen molar-refractivity contribution in [3.05, 3.63) is 0 Å². The van der Waals surface area contributed by atoms with Crippen LogP contribution in [0.1, 0.15) is 46.0 Å². The van der Waals surface area contributed by atoms with Crippen molar-refractivity contribution in [2.75, 3.05) is 26.3 Å². The molecule has 2 amide bonds. The highest BCUT2D eigenvalue weighted by Gasteiger charge is 2.35. The number of hydrogen-bond donors (Lipinski definition) is 2. The Balaban J connectivity index is 2.35. The first-order chi connectivity index (χ1) is 10.1. The van der Waals surface area contributed by atoms with Gasteiger partial charge in [0.25, 0.3) is 0 Å². The van der Waals surface area contributed by atoms with Crippen LogP contribution in [0, 0.1) is 5.92 Å². The van der Waals surface area contributed by atoms with E-state index < -0.39 is 12.0 Å². The molecule has 1 aliphatic heterocycles. The molecule has 0 radical (unpaired) electrons. The summed E-state index contributed by atoms with van der Waals surface area (Å²) in [6, 6.07) is -0.999. The fourth-order valence-corrected chi connectivity index (χ4v) is 2.57. The Hall–Kier alpha value is -1.30. The van der Waals surface area contributed by atoms with Crippen LogP contribution in [0.4, 0.5) is 4.79 Å². The van der Waals surface area contributed by atoms with Crippen molar-refractivity contribution in [3.8, 4) is 0 Å². The number of carbonyl (C=O) groups excluding carboxylic acids is 1. The van der Waals surface area contributed by atoms with Crippen molar-refractivity contribution < 1.29 is 19.4 Å². The van der Waals surface area contributed by atoms with E-state index in [0.29, 0.717) is 38.6 Å². The smallest absolute Gasteiger partial charge is 0.326 e. The van der Waals surface area contributed by atoms with Crippen molar-refractivity contribution in [2.24, 2.45) is 5.92 Å². The summed E-state index contributed by atoms with van der Waals surface area (Å²) in [5.74, 6) is -0.518. The molecule has 0 spiro atoms. The molecule has 1 heterocycles. The summed E-state index contributed by atoms with van der Waals surface area (Å²) in [4.78, 5) is 24.9. The van der Waals surface area contributed by atoms with E-state index in [4.69, 9.17) is 4.74 Å². The standard InChI is InChI=1S/C15H28N2O4/c1-3-5-9-21-10-7-16-15(20)17-8-6-12(4-2)11-13(17)14(18)19/h12-13H,3-11H2,1-2H3,(H,16,20)(H,18,19). The molecular formula is C15H28N2O4. The van der Waals surface area contributed by atoms with Gasteiger partial charge in [-0.1, -0.05) is 26.7 Å². The molecule has 2 unspecified atom stereocenters. The Morgan fingerprint density at radius 1 is 1.33 bits per heavy atom. The van der Waals surface area contributed by atoms with Crippen molar-refractivity contribution >= 4 is 12.0 Å². The van der Waals surface area contributed by atoms with E-state index in [1.807, 2.05) is 0 Å². The zero-order valence-corrected chi connectivity index (χ0v) is 13.1. The second kappa shape index (κ2) is 9.60. The lowest BCUT2D eigenvalue weighted by atomic mass is 9.89. The number of urea groups is 1. The number of likely N-dealkylation sites (tertiary alicyclic amines) is 1. The molecule has 1 aliphatic rings.